The molecule has 2 aromatic heterocycles. The van der Waals surface area contributed by atoms with Crippen molar-refractivity contribution in [2.24, 2.45) is 5.10 Å². The molecular formula is C15H17N3O2. The summed E-state index contributed by atoms with van der Waals surface area (Å²) in [7, 11) is 0. The molecule has 1 fully saturated rings. The van der Waals surface area contributed by atoms with Crippen LogP contribution in [0.4, 0.5) is 0 Å². The first-order valence-corrected chi connectivity index (χ1v) is 6.72. The highest BCUT2D eigenvalue weighted by Crippen LogP contribution is 2.38. The average molecular weight is 271 g/mol. The standard InChI is InChI=1S/C15H17N3O2/c1-10-8-12(11(2)18(10)13-5-6-13)9-16-17-15(19)14-4-3-7-20-14/h3-4,7-9,13H,5-6H2,1-2H3,(H,17,19)/b16-9+. The number of nitrogens with zero attached hydrogens (tertiary/aromatic N) is 2. The summed E-state index contributed by atoms with van der Waals surface area (Å²) in [5.74, 6) is -0.0900. The molecule has 20 heavy (non-hydrogen) atoms. The number of hydrogen-bond acceptors (Lipinski definition) is 3. The van der Waals surface area contributed by atoms with E-state index in [0.717, 1.165) is 5.56 Å². The van der Waals surface area contributed by atoms with Crippen molar-refractivity contribution in [1.82, 2.24) is 9.99 Å². The minimum absolute atomic E-state index is 0.255. The van der Waals surface area contributed by atoms with Crippen LogP contribution in [0.5, 0.6) is 0 Å². The van der Waals surface area contributed by atoms with Crippen molar-refractivity contribution in [2.45, 2.75) is 32.7 Å². The van der Waals surface area contributed by atoms with Crippen molar-refractivity contribution in [3.05, 3.63) is 47.2 Å². The SMILES string of the molecule is Cc1cc(/C=N/NC(=O)c2ccco2)c(C)n1C1CC1. The Morgan fingerprint density at radius 2 is 2.30 bits per heavy atom. The molecule has 1 saturated carbocycles. The molecule has 0 aliphatic heterocycles. The molecule has 0 aromatic carbocycles. The van der Waals surface area contributed by atoms with Crippen LogP contribution in [0.25, 0.3) is 0 Å². The van der Waals surface area contributed by atoms with Crippen molar-refractivity contribution in [3.8, 4) is 0 Å². The van der Waals surface area contributed by atoms with Gasteiger partial charge in [-0.1, -0.05) is 0 Å². The molecule has 1 N–H and O–H groups in total. The predicted molar refractivity (Wildman–Crippen MR) is 75.9 cm³/mol. The molecule has 0 saturated heterocycles. The maximum Gasteiger partial charge on any atom is 0.307 e. The van der Waals surface area contributed by atoms with Gasteiger partial charge < -0.3 is 8.98 Å². The van der Waals surface area contributed by atoms with Crippen LogP contribution in [0, 0.1) is 13.8 Å². The van der Waals surface area contributed by atoms with Crippen molar-refractivity contribution in [3.63, 3.8) is 0 Å². The summed E-state index contributed by atoms with van der Waals surface area (Å²) >= 11 is 0. The number of aryl methyl sites for hydroxylation is 1. The number of aromatic nitrogens is 1. The van der Waals surface area contributed by atoms with Gasteiger partial charge in [0.25, 0.3) is 0 Å². The Bertz CT molecular complexity index is 649. The lowest BCUT2D eigenvalue weighted by Gasteiger charge is -2.06. The normalized spacial score (nSPS) is 14.9. The minimum Gasteiger partial charge on any atom is -0.459 e. The molecule has 5 heteroatoms. The van der Waals surface area contributed by atoms with E-state index in [9.17, 15) is 4.79 Å². The van der Waals surface area contributed by atoms with Gasteiger partial charge in [0.05, 0.1) is 12.5 Å². The largest absolute Gasteiger partial charge is 0.459 e. The smallest absolute Gasteiger partial charge is 0.307 e. The highest BCUT2D eigenvalue weighted by molar-refractivity contribution is 5.92. The number of hydrazone groups is 1. The molecule has 1 amide bonds. The summed E-state index contributed by atoms with van der Waals surface area (Å²) in [5.41, 5.74) is 5.93. The number of furan rings is 1. The van der Waals surface area contributed by atoms with E-state index in [1.54, 1.807) is 18.3 Å². The fraction of sp³-hybridized carbons (Fsp3) is 0.333. The van der Waals surface area contributed by atoms with Crippen LogP contribution in [0.2, 0.25) is 0 Å². The molecule has 0 atom stereocenters. The molecule has 1 aliphatic rings. The van der Waals surface area contributed by atoms with Gasteiger partial charge in [-0.25, -0.2) is 5.43 Å². The predicted octanol–water partition coefficient (Wildman–Crippen LogP) is 2.80. The van der Waals surface area contributed by atoms with Crippen molar-refractivity contribution in [2.75, 3.05) is 0 Å². The van der Waals surface area contributed by atoms with E-state index in [-0.39, 0.29) is 11.7 Å². The molecule has 2 aromatic rings. The van der Waals surface area contributed by atoms with Crippen LogP contribution < -0.4 is 5.43 Å². The minimum atomic E-state index is -0.345. The van der Waals surface area contributed by atoms with E-state index < -0.39 is 0 Å². The molecule has 1 aliphatic carbocycles. The van der Waals surface area contributed by atoms with Gasteiger partial charge in [0.15, 0.2) is 5.76 Å². The van der Waals surface area contributed by atoms with Crippen LogP contribution in [-0.4, -0.2) is 16.7 Å². The molecule has 0 bridgehead atoms. The number of carbonyl (C=O) groups excluding carboxylic acids is 1. The second kappa shape index (κ2) is 5.00. The number of nitrogens with one attached hydrogen (secondary N) is 1. The molecule has 104 valence electrons. The Labute approximate surface area is 117 Å². The molecule has 0 unspecified atom stereocenters. The molecule has 3 rings (SSSR count). The van der Waals surface area contributed by atoms with Crippen molar-refractivity contribution in [1.29, 1.82) is 0 Å². The third-order valence-electron chi connectivity index (χ3n) is 3.55. The maximum atomic E-state index is 11.6. The van der Waals surface area contributed by atoms with Gasteiger partial charge in [0, 0.05) is 23.0 Å². The maximum absolute atomic E-state index is 11.6. The molecule has 0 radical (unpaired) electrons. The molecule has 2 heterocycles. The summed E-state index contributed by atoms with van der Waals surface area (Å²) in [4.78, 5) is 11.6. The van der Waals surface area contributed by atoms with Crippen LogP contribution in [0.3, 0.4) is 0 Å². The number of rotatable bonds is 4. The lowest BCUT2D eigenvalue weighted by atomic mass is 10.3. The summed E-state index contributed by atoms with van der Waals surface area (Å²) in [5, 5.41) is 3.99. The summed E-state index contributed by atoms with van der Waals surface area (Å²) in [6, 6.07) is 6.01. The summed E-state index contributed by atoms with van der Waals surface area (Å²) in [6.07, 6.45) is 5.65. The Morgan fingerprint density at radius 3 is 2.95 bits per heavy atom. The zero-order chi connectivity index (χ0) is 14.1. The van der Waals surface area contributed by atoms with Gasteiger partial charge in [-0.3, -0.25) is 4.79 Å². The van der Waals surface area contributed by atoms with Crippen LogP contribution in [0.1, 0.15) is 46.4 Å². The third-order valence-corrected chi connectivity index (χ3v) is 3.55. The second-order valence-corrected chi connectivity index (χ2v) is 5.10. The first-order valence-electron chi connectivity index (χ1n) is 6.72. The van der Waals surface area contributed by atoms with E-state index in [2.05, 4.69) is 35.0 Å². The van der Waals surface area contributed by atoms with E-state index in [4.69, 9.17) is 4.42 Å². The number of carbonyl (C=O) groups is 1. The lowest BCUT2D eigenvalue weighted by molar-refractivity contribution is 0.0927. The highest BCUT2D eigenvalue weighted by Gasteiger charge is 2.26. The van der Waals surface area contributed by atoms with Gasteiger partial charge in [0.1, 0.15) is 0 Å². The Morgan fingerprint density at radius 1 is 1.50 bits per heavy atom. The van der Waals surface area contributed by atoms with Crippen LogP contribution in [-0.2, 0) is 0 Å². The zero-order valence-electron chi connectivity index (χ0n) is 11.6. The van der Waals surface area contributed by atoms with E-state index in [0.29, 0.717) is 6.04 Å². The zero-order valence-corrected chi connectivity index (χ0v) is 11.6. The Hall–Kier alpha value is -2.30. The van der Waals surface area contributed by atoms with Gasteiger partial charge in [-0.2, -0.15) is 5.10 Å². The fourth-order valence-electron chi connectivity index (χ4n) is 2.45. The van der Waals surface area contributed by atoms with E-state index >= 15 is 0 Å². The fourth-order valence-corrected chi connectivity index (χ4v) is 2.45. The Balaban J connectivity index is 1.70. The molecule has 5 nitrogen and oxygen atoms in total. The van der Waals surface area contributed by atoms with Gasteiger partial charge in [-0.15, -0.1) is 0 Å². The number of amides is 1. The lowest BCUT2D eigenvalue weighted by Crippen LogP contribution is -2.16. The van der Waals surface area contributed by atoms with Crippen LogP contribution >= 0.6 is 0 Å². The van der Waals surface area contributed by atoms with E-state index in [1.165, 1.54) is 30.5 Å². The quantitative estimate of drug-likeness (QED) is 0.686. The summed E-state index contributed by atoms with van der Waals surface area (Å²) in [6.45, 7) is 4.19. The third kappa shape index (κ3) is 2.39. The first kappa shape index (κ1) is 12.7. The van der Waals surface area contributed by atoms with Crippen LogP contribution in [0.15, 0.2) is 34.0 Å². The van der Waals surface area contributed by atoms with E-state index in [1.807, 2.05) is 0 Å². The first-order chi connectivity index (χ1) is 9.66. The molecular weight excluding hydrogens is 254 g/mol. The van der Waals surface area contributed by atoms with Crippen molar-refractivity contribution >= 4 is 12.1 Å². The average Bonchev–Trinajstić information content (AvgIpc) is 3.01. The molecule has 0 spiro atoms. The highest BCUT2D eigenvalue weighted by atomic mass is 16.3. The topological polar surface area (TPSA) is 59.5 Å². The van der Waals surface area contributed by atoms with Crippen molar-refractivity contribution < 1.29 is 9.21 Å². The van der Waals surface area contributed by atoms with Gasteiger partial charge in [-0.05, 0) is 44.9 Å². The number of hydrogen-bond donors (Lipinski definition) is 1. The van der Waals surface area contributed by atoms with Gasteiger partial charge in [0.2, 0.25) is 0 Å². The van der Waals surface area contributed by atoms with Gasteiger partial charge >= 0.3 is 5.91 Å². The Kier molecular flexibility index (Phi) is 3.18. The summed E-state index contributed by atoms with van der Waals surface area (Å²) < 4.78 is 7.34. The monoisotopic (exact) mass is 271 g/mol. The second-order valence-electron chi connectivity index (χ2n) is 5.10.